The Balaban J connectivity index is 1.78. The number of aliphatic hydroxyl groups excluding tert-OH is 2. The number of imidazole rings is 1. The number of benzene rings is 2. The van der Waals surface area contributed by atoms with Gasteiger partial charge in [-0.15, -0.1) is 0 Å². The van der Waals surface area contributed by atoms with Crippen LogP contribution >= 0.6 is 0 Å². The SMILES string of the molecule is Nc1ccc(Cc2nc3cc4c(cc3n2CC(O)CO)OCCO4)cc1. The predicted octanol–water partition coefficient (Wildman–Crippen LogP) is 1.33. The highest BCUT2D eigenvalue weighted by molar-refractivity contribution is 5.81. The highest BCUT2D eigenvalue weighted by atomic mass is 16.6. The maximum atomic E-state index is 9.98. The van der Waals surface area contributed by atoms with E-state index in [4.69, 9.17) is 20.2 Å². The van der Waals surface area contributed by atoms with Crippen molar-refractivity contribution in [1.29, 1.82) is 0 Å². The summed E-state index contributed by atoms with van der Waals surface area (Å²) in [4.78, 5) is 4.73. The first-order valence-corrected chi connectivity index (χ1v) is 8.56. The molecule has 3 aromatic rings. The van der Waals surface area contributed by atoms with Crippen LogP contribution in [0.3, 0.4) is 0 Å². The first-order valence-electron chi connectivity index (χ1n) is 8.56. The fourth-order valence-electron chi connectivity index (χ4n) is 3.14. The minimum Gasteiger partial charge on any atom is -0.486 e. The molecule has 136 valence electrons. The molecule has 0 fully saturated rings. The third kappa shape index (κ3) is 3.18. The summed E-state index contributed by atoms with van der Waals surface area (Å²) >= 11 is 0. The zero-order valence-corrected chi connectivity index (χ0v) is 14.3. The molecule has 0 bridgehead atoms. The van der Waals surface area contributed by atoms with Gasteiger partial charge in [0.2, 0.25) is 0 Å². The number of anilines is 1. The highest BCUT2D eigenvalue weighted by Gasteiger charge is 2.19. The third-order valence-corrected chi connectivity index (χ3v) is 4.44. The summed E-state index contributed by atoms with van der Waals surface area (Å²) in [5.41, 5.74) is 9.13. The van der Waals surface area contributed by atoms with Crippen LogP contribution in [-0.4, -0.2) is 45.7 Å². The zero-order chi connectivity index (χ0) is 18.1. The van der Waals surface area contributed by atoms with Gasteiger partial charge in [0.25, 0.3) is 0 Å². The van der Waals surface area contributed by atoms with Crippen molar-refractivity contribution in [3.63, 3.8) is 0 Å². The number of hydrogen-bond acceptors (Lipinski definition) is 6. The summed E-state index contributed by atoms with van der Waals surface area (Å²) in [5.74, 6) is 2.14. The molecule has 4 N–H and O–H groups in total. The van der Waals surface area contributed by atoms with Crippen LogP contribution in [0.1, 0.15) is 11.4 Å². The van der Waals surface area contributed by atoms with Crippen LogP contribution in [0.4, 0.5) is 5.69 Å². The van der Waals surface area contributed by atoms with E-state index in [1.807, 2.05) is 41.0 Å². The van der Waals surface area contributed by atoms with E-state index in [0.29, 0.717) is 36.8 Å². The van der Waals surface area contributed by atoms with E-state index in [9.17, 15) is 10.2 Å². The second-order valence-electron chi connectivity index (χ2n) is 6.38. The molecule has 1 aromatic heterocycles. The number of fused-ring (bicyclic) bond motifs is 2. The first-order chi connectivity index (χ1) is 12.6. The summed E-state index contributed by atoms with van der Waals surface area (Å²) in [5, 5.41) is 19.3. The van der Waals surface area contributed by atoms with Crippen molar-refractivity contribution in [2.24, 2.45) is 0 Å². The second kappa shape index (κ2) is 6.86. The van der Waals surface area contributed by atoms with Crippen LogP contribution < -0.4 is 15.2 Å². The second-order valence-corrected chi connectivity index (χ2v) is 6.38. The molecule has 2 heterocycles. The van der Waals surface area contributed by atoms with E-state index in [-0.39, 0.29) is 13.2 Å². The van der Waals surface area contributed by atoms with Crippen LogP contribution in [0.2, 0.25) is 0 Å². The smallest absolute Gasteiger partial charge is 0.163 e. The lowest BCUT2D eigenvalue weighted by Gasteiger charge is -2.18. The molecule has 7 nitrogen and oxygen atoms in total. The van der Waals surface area contributed by atoms with Crippen molar-refractivity contribution < 1.29 is 19.7 Å². The molecule has 1 aliphatic rings. The van der Waals surface area contributed by atoms with Gasteiger partial charge in [0, 0.05) is 24.2 Å². The summed E-state index contributed by atoms with van der Waals surface area (Å²) in [6.07, 6.45) is -0.287. The average molecular weight is 355 g/mol. The number of aromatic nitrogens is 2. The van der Waals surface area contributed by atoms with Gasteiger partial charge in [0.05, 0.1) is 30.3 Å². The lowest BCUT2D eigenvalue weighted by Crippen LogP contribution is -2.21. The van der Waals surface area contributed by atoms with E-state index >= 15 is 0 Å². The fourth-order valence-corrected chi connectivity index (χ4v) is 3.14. The molecular formula is C19H21N3O4. The molecule has 2 aromatic carbocycles. The summed E-state index contributed by atoms with van der Waals surface area (Å²) in [7, 11) is 0. The van der Waals surface area contributed by atoms with E-state index in [1.165, 1.54) is 0 Å². The third-order valence-electron chi connectivity index (χ3n) is 4.44. The Morgan fingerprint density at radius 3 is 2.50 bits per heavy atom. The van der Waals surface area contributed by atoms with Crippen molar-refractivity contribution in [3.05, 3.63) is 47.8 Å². The predicted molar refractivity (Wildman–Crippen MR) is 97.5 cm³/mol. The van der Waals surface area contributed by atoms with Gasteiger partial charge in [-0.05, 0) is 17.7 Å². The van der Waals surface area contributed by atoms with Crippen molar-refractivity contribution in [2.45, 2.75) is 19.1 Å². The van der Waals surface area contributed by atoms with E-state index < -0.39 is 6.10 Å². The lowest BCUT2D eigenvalue weighted by atomic mass is 10.1. The average Bonchev–Trinajstić information content (AvgIpc) is 2.97. The summed E-state index contributed by atoms with van der Waals surface area (Å²) < 4.78 is 13.2. The highest BCUT2D eigenvalue weighted by Crippen LogP contribution is 2.35. The standard InChI is InChI=1S/C19H21N3O4/c20-13-3-1-12(2-4-13)7-19-21-15-8-17-18(26-6-5-25-17)9-16(15)22(19)10-14(24)11-23/h1-4,8-9,14,23-24H,5-7,10-11,20H2. The Bertz CT molecular complexity index is 921. The van der Waals surface area contributed by atoms with Gasteiger partial charge >= 0.3 is 0 Å². The van der Waals surface area contributed by atoms with E-state index in [2.05, 4.69) is 0 Å². The minimum atomic E-state index is -0.870. The van der Waals surface area contributed by atoms with Gasteiger partial charge < -0.3 is 30.0 Å². The number of aliphatic hydroxyl groups is 2. The van der Waals surface area contributed by atoms with Crippen LogP contribution in [0.25, 0.3) is 11.0 Å². The number of nitrogens with zero attached hydrogens (tertiary/aromatic N) is 2. The van der Waals surface area contributed by atoms with Crippen molar-refractivity contribution in [1.82, 2.24) is 9.55 Å². The molecule has 7 heteroatoms. The quantitative estimate of drug-likeness (QED) is 0.597. The van der Waals surface area contributed by atoms with Crippen molar-refractivity contribution >= 4 is 16.7 Å². The van der Waals surface area contributed by atoms with Gasteiger partial charge in [0.1, 0.15) is 19.0 Å². The maximum absolute atomic E-state index is 9.98. The van der Waals surface area contributed by atoms with Gasteiger partial charge in [-0.3, -0.25) is 0 Å². The first kappa shape index (κ1) is 16.7. The number of nitrogen functional groups attached to an aromatic ring is 1. The molecule has 1 aliphatic heterocycles. The molecule has 0 amide bonds. The molecule has 0 aliphatic carbocycles. The van der Waals surface area contributed by atoms with Gasteiger partial charge in [-0.25, -0.2) is 4.98 Å². The van der Waals surface area contributed by atoms with Gasteiger partial charge in [-0.1, -0.05) is 12.1 Å². The van der Waals surface area contributed by atoms with Crippen molar-refractivity contribution in [3.8, 4) is 11.5 Å². The topological polar surface area (TPSA) is 103 Å². The number of ether oxygens (including phenoxy) is 2. The Morgan fingerprint density at radius 1 is 1.12 bits per heavy atom. The fraction of sp³-hybridized carbons (Fsp3) is 0.316. The van der Waals surface area contributed by atoms with Crippen LogP contribution in [0.5, 0.6) is 11.5 Å². The molecule has 1 atom stereocenters. The Morgan fingerprint density at radius 2 is 1.81 bits per heavy atom. The minimum absolute atomic E-state index is 0.247. The molecule has 0 spiro atoms. The van der Waals surface area contributed by atoms with Crippen LogP contribution in [0, 0.1) is 0 Å². The molecule has 0 radical (unpaired) electrons. The van der Waals surface area contributed by atoms with Crippen LogP contribution in [0.15, 0.2) is 36.4 Å². The van der Waals surface area contributed by atoms with E-state index in [0.717, 1.165) is 22.4 Å². The Hall–Kier alpha value is -2.77. The zero-order valence-electron chi connectivity index (χ0n) is 14.3. The van der Waals surface area contributed by atoms with E-state index in [1.54, 1.807) is 0 Å². The van der Waals surface area contributed by atoms with Gasteiger partial charge in [0.15, 0.2) is 11.5 Å². The molecule has 1 unspecified atom stereocenters. The normalized spacial score (nSPS) is 14.5. The molecule has 0 saturated heterocycles. The van der Waals surface area contributed by atoms with Crippen molar-refractivity contribution in [2.75, 3.05) is 25.6 Å². The number of rotatable bonds is 5. The summed E-state index contributed by atoms with van der Waals surface area (Å²) in [6.45, 7) is 0.952. The number of hydrogen-bond donors (Lipinski definition) is 3. The largest absolute Gasteiger partial charge is 0.486 e. The monoisotopic (exact) mass is 355 g/mol. The number of nitrogens with two attached hydrogens (primary N) is 1. The Labute approximate surface area is 150 Å². The summed E-state index contributed by atoms with van der Waals surface area (Å²) in [6, 6.07) is 11.4. The lowest BCUT2D eigenvalue weighted by molar-refractivity contribution is 0.0815. The van der Waals surface area contributed by atoms with Crippen LogP contribution in [-0.2, 0) is 13.0 Å². The molecule has 4 rings (SSSR count). The molecular weight excluding hydrogens is 334 g/mol. The Kier molecular flexibility index (Phi) is 4.40. The van der Waals surface area contributed by atoms with Gasteiger partial charge in [-0.2, -0.15) is 0 Å². The maximum Gasteiger partial charge on any atom is 0.163 e. The molecule has 0 saturated carbocycles. The molecule has 26 heavy (non-hydrogen) atoms.